The van der Waals surface area contributed by atoms with Gasteiger partial charge in [0.1, 0.15) is 12.4 Å². The summed E-state index contributed by atoms with van der Waals surface area (Å²) in [5, 5.41) is 0. The average Bonchev–Trinajstić information content (AvgIpc) is 2.77. The van der Waals surface area contributed by atoms with E-state index in [0.717, 1.165) is 29.8 Å². The molecule has 0 aromatic heterocycles. The molecule has 6 nitrogen and oxygen atoms in total. The van der Waals surface area contributed by atoms with Crippen molar-refractivity contribution in [1.82, 2.24) is 4.90 Å². The van der Waals surface area contributed by atoms with Gasteiger partial charge < -0.3 is 19.3 Å². The number of anilines is 1. The van der Waals surface area contributed by atoms with E-state index in [9.17, 15) is 9.59 Å². The summed E-state index contributed by atoms with van der Waals surface area (Å²) in [4.78, 5) is 28.9. The molecule has 2 amide bonds. The van der Waals surface area contributed by atoms with Crippen LogP contribution in [0.3, 0.4) is 0 Å². The van der Waals surface area contributed by atoms with Crippen LogP contribution in [-0.4, -0.2) is 55.7 Å². The molecule has 2 aromatic carbocycles. The first-order valence-electron chi connectivity index (χ1n) is 9.99. The maximum atomic E-state index is 12.8. The molecule has 0 aliphatic carbocycles. The molecule has 0 bridgehead atoms. The van der Waals surface area contributed by atoms with Crippen molar-refractivity contribution in [2.24, 2.45) is 0 Å². The third-order valence-corrected chi connectivity index (χ3v) is 5.88. The van der Waals surface area contributed by atoms with Crippen LogP contribution in [0.1, 0.15) is 18.4 Å². The van der Waals surface area contributed by atoms with Gasteiger partial charge in [-0.2, -0.15) is 0 Å². The number of nitrogens with zero attached hydrogens (tertiary/aromatic N) is 2. The maximum Gasteiger partial charge on any atom is 0.253 e. The van der Waals surface area contributed by atoms with Gasteiger partial charge in [0.05, 0.1) is 25.7 Å². The molecule has 0 atom stereocenters. The number of morpholine rings is 1. The van der Waals surface area contributed by atoms with Gasteiger partial charge in [-0.25, -0.2) is 0 Å². The van der Waals surface area contributed by atoms with Crippen LogP contribution in [0.2, 0.25) is 0 Å². The third kappa shape index (κ3) is 4.12. The number of carbonyl (C=O) groups is 2. The Bertz CT molecular complexity index is 875. The summed E-state index contributed by atoms with van der Waals surface area (Å²) >= 11 is 0. The van der Waals surface area contributed by atoms with E-state index in [-0.39, 0.29) is 24.0 Å². The van der Waals surface area contributed by atoms with Gasteiger partial charge in [0.15, 0.2) is 0 Å². The molecule has 152 valence electrons. The topological polar surface area (TPSA) is 59.1 Å². The number of benzene rings is 2. The highest BCUT2D eigenvalue weighted by molar-refractivity contribution is 5.95. The van der Waals surface area contributed by atoms with Crippen LogP contribution in [-0.2, 0) is 20.7 Å². The Balaban J connectivity index is 1.39. The minimum absolute atomic E-state index is 0.0171. The largest absolute Gasteiger partial charge is 0.496 e. The zero-order chi connectivity index (χ0) is 20.3. The molecule has 29 heavy (non-hydrogen) atoms. The lowest BCUT2D eigenvalue weighted by atomic mass is 9.88. The van der Waals surface area contributed by atoms with E-state index < -0.39 is 0 Å². The third-order valence-electron chi connectivity index (χ3n) is 5.88. The van der Waals surface area contributed by atoms with E-state index in [0.29, 0.717) is 26.1 Å². The van der Waals surface area contributed by atoms with Crippen molar-refractivity contribution in [3.05, 3.63) is 60.2 Å². The second kappa shape index (κ2) is 8.25. The number of para-hydroxylation sites is 2. The smallest absolute Gasteiger partial charge is 0.253 e. The van der Waals surface area contributed by atoms with E-state index in [1.807, 2.05) is 64.4 Å². The molecule has 0 radical (unpaired) electrons. The molecule has 2 aromatic rings. The zero-order valence-corrected chi connectivity index (χ0v) is 16.7. The van der Waals surface area contributed by atoms with E-state index in [1.54, 1.807) is 7.11 Å². The van der Waals surface area contributed by atoms with Crippen LogP contribution in [0.4, 0.5) is 5.69 Å². The lowest BCUT2D eigenvalue weighted by Gasteiger charge is -2.47. The van der Waals surface area contributed by atoms with Gasteiger partial charge >= 0.3 is 0 Å². The Hall–Kier alpha value is -2.86. The molecule has 0 saturated carbocycles. The van der Waals surface area contributed by atoms with Crippen LogP contribution < -0.4 is 9.64 Å². The highest BCUT2D eigenvalue weighted by Gasteiger charge is 2.43. The highest BCUT2D eigenvalue weighted by atomic mass is 16.5. The number of likely N-dealkylation sites (tertiary alicyclic amines) is 1. The highest BCUT2D eigenvalue weighted by Crippen LogP contribution is 2.33. The van der Waals surface area contributed by atoms with E-state index in [1.165, 1.54) is 0 Å². The Kier molecular flexibility index (Phi) is 5.53. The molecular formula is C23H26N2O4. The van der Waals surface area contributed by atoms with Gasteiger partial charge in [-0.15, -0.1) is 0 Å². The number of ether oxygens (including phenoxy) is 2. The molecule has 0 N–H and O–H groups in total. The molecule has 1 spiro atoms. The summed E-state index contributed by atoms with van der Waals surface area (Å²) in [5.41, 5.74) is 1.41. The van der Waals surface area contributed by atoms with Crippen LogP contribution in [0.15, 0.2) is 54.6 Å². The van der Waals surface area contributed by atoms with Crippen molar-refractivity contribution in [1.29, 1.82) is 0 Å². The number of piperidine rings is 1. The Labute approximate surface area is 171 Å². The van der Waals surface area contributed by atoms with Gasteiger partial charge in [0.25, 0.3) is 5.91 Å². The second-order valence-corrected chi connectivity index (χ2v) is 7.66. The van der Waals surface area contributed by atoms with E-state index >= 15 is 0 Å². The van der Waals surface area contributed by atoms with Gasteiger partial charge in [-0.3, -0.25) is 9.59 Å². The normalized spacial score (nSPS) is 18.7. The molecule has 2 saturated heterocycles. The number of carbonyl (C=O) groups excluding carboxylic acids is 2. The predicted octanol–water partition coefficient (Wildman–Crippen LogP) is 2.66. The summed E-state index contributed by atoms with van der Waals surface area (Å²) in [6, 6.07) is 17.3. The van der Waals surface area contributed by atoms with Crippen molar-refractivity contribution in [2.75, 3.05) is 38.3 Å². The fraction of sp³-hybridized carbons (Fsp3) is 0.391. The first-order chi connectivity index (χ1) is 14.1. The van der Waals surface area contributed by atoms with Crippen molar-refractivity contribution < 1.29 is 19.1 Å². The summed E-state index contributed by atoms with van der Waals surface area (Å²) < 4.78 is 11.4. The lowest BCUT2D eigenvalue weighted by Crippen LogP contribution is -2.59. The van der Waals surface area contributed by atoms with Gasteiger partial charge in [0.2, 0.25) is 5.91 Å². The van der Waals surface area contributed by atoms with Crippen LogP contribution in [0.5, 0.6) is 5.75 Å². The standard InChI is InChI=1S/C23H26N2O4/c1-28-20-10-6-5-7-18(20)15-21(26)24-13-11-23(12-14-24)17-25(22(27)16-29-23)19-8-3-2-4-9-19/h2-10H,11-17H2,1H3. The molecule has 6 heteroatoms. The summed E-state index contributed by atoms with van der Waals surface area (Å²) in [6.45, 7) is 1.88. The van der Waals surface area contributed by atoms with Crippen molar-refractivity contribution in [2.45, 2.75) is 24.9 Å². The number of hydrogen-bond acceptors (Lipinski definition) is 4. The van der Waals surface area contributed by atoms with E-state index in [2.05, 4.69) is 0 Å². The lowest BCUT2D eigenvalue weighted by molar-refractivity contribution is -0.150. The fourth-order valence-electron chi connectivity index (χ4n) is 4.15. The van der Waals surface area contributed by atoms with Crippen molar-refractivity contribution >= 4 is 17.5 Å². The second-order valence-electron chi connectivity index (χ2n) is 7.66. The molecule has 2 aliphatic heterocycles. The van der Waals surface area contributed by atoms with Crippen LogP contribution in [0.25, 0.3) is 0 Å². The Morgan fingerprint density at radius 3 is 2.48 bits per heavy atom. The van der Waals surface area contributed by atoms with Crippen molar-refractivity contribution in [3.63, 3.8) is 0 Å². The molecule has 2 fully saturated rings. The minimum Gasteiger partial charge on any atom is -0.496 e. The summed E-state index contributed by atoms with van der Waals surface area (Å²) in [6.07, 6.45) is 1.77. The number of hydrogen-bond donors (Lipinski definition) is 0. The first-order valence-corrected chi connectivity index (χ1v) is 9.99. The van der Waals surface area contributed by atoms with Crippen molar-refractivity contribution in [3.8, 4) is 5.75 Å². The Morgan fingerprint density at radius 1 is 1.07 bits per heavy atom. The van der Waals surface area contributed by atoms with Crippen LogP contribution >= 0.6 is 0 Å². The Morgan fingerprint density at radius 2 is 1.76 bits per heavy atom. The summed E-state index contributed by atoms with van der Waals surface area (Å²) in [5.74, 6) is 0.814. The van der Waals surface area contributed by atoms with Gasteiger partial charge in [-0.05, 0) is 31.0 Å². The molecule has 4 rings (SSSR count). The van der Waals surface area contributed by atoms with Gasteiger partial charge in [0, 0.05) is 24.3 Å². The quantitative estimate of drug-likeness (QED) is 0.800. The zero-order valence-electron chi connectivity index (χ0n) is 16.7. The molecule has 0 unspecified atom stereocenters. The number of rotatable bonds is 4. The molecule has 2 heterocycles. The number of amides is 2. The van der Waals surface area contributed by atoms with E-state index in [4.69, 9.17) is 9.47 Å². The number of methoxy groups -OCH3 is 1. The monoisotopic (exact) mass is 394 g/mol. The average molecular weight is 394 g/mol. The minimum atomic E-state index is -0.384. The van der Waals surface area contributed by atoms with Gasteiger partial charge in [-0.1, -0.05) is 36.4 Å². The fourth-order valence-corrected chi connectivity index (χ4v) is 4.15. The first kappa shape index (κ1) is 19.5. The van der Waals surface area contributed by atoms with Crippen LogP contribution in [0, 0.1) is 0 Å². The predicted molar refractivity (Wildman–Crippen MR) is 110 cm³/mol. The SMILES string of the molecule is COc1ccccc1CC(=O)N1CCC2(CC1)CN(c1ccccc1)C(=O)CO2. The maximum absolute atomic E-state index is 12.8. The summed E-state index contributed by atoms with van der Waals surface area (Å²) in [7, 11) is 1.62. The molecular weight excluding hydrogens is 368 g/mol. The molecule has 2 aliphatic rings.